The van der Waals surface area contributed by atoms with E-state index in [1.54, 1.807) is 0 Å². The van der Waals surface area contributed by atoms with Crippen molar-refractivity contribution in [3.05, 3.63) is 17.7 Å². The summed E-state index contributed by atoms with van der Waals surface area (Å²) < 4.78 is 0. The topological polar surface area (TPSA) is 38.7 Å². The molecule has 28 valence electrons. The molecular formula is C2H3NO2. The molecule has 0 radical (unpaired) electrons. The molecule has 0 saturated heterocycles. The lowest BCUT2D eigenvalue weighted by Gasteiger charge is -1.67. The third-order valence-corrected chi connectivity index (χ3v) is 0.118. The fourth-order valence-corrected chi connectivity index (χ4v) is 0.0304. The first-order chi connectivity index (χ1) is 2.41. The van der Waals surface area contributed by atoms with Crippen LogP contribution in [-0.4, -0.2) is 0 Å². The van der Waals surface area contributed by atoms with Crippen molar-refractivity contribution in [1.82, 2.24) is 0 Å². The molecule has 0 spiro atoms. The Kier molecular flexibility index (Phi) is 2.60. The van der Waals surface area contributed by atoms with Gasteiger partial charge in [-0.1, -0.05) is 6.58 Å². The van der Waals surface area contributed by atoms with Crippen molar-refractivity contribution in [2.45, 2.75) is 0 Å². The van der Waals surface area contributed by atoms with E-state index < -0.39 is 0 Å². The zero-order valence-electron chi connectivity index (χ0n) is 2.55. The highest BCUT2D eigenvalue weighted by Gasteiger charge is 1.53. The summed E-state index contributed by atoms with van der Waals surface area (Å²) in [5.74, 6) is 0. The second kappa shape index (κ2) is 3.14. The van der Waals surface area contributed by atoms with E-state index in [0.29, 0.717) is 0 Å². The minimum atomic E-state index is 0.951. The molecule has 0 rings (SSSR count). The van der Waals surface area contributed by atoms with Crippen molar-refractivity contribution in [2.75, 3.05) is 0 Å². The first-order valence-electron chi connectivity index (χ1n) is 1.01. The van der Waals surface area contributed by atoms with Gasteiger partial charge < -0.3 is 4.84 Å². The smallest absolute Gasteiger partial charge is 0.160 e. The van der Waals surface area contributed by atoms with E-state index in [1.807, 2.05) is 5.34 Å². The molecule has 0 unspecified atom stereocenters. The van der Waals surface area contributed by atoms with Gasteiger partial charge in [0, 0.05) is 0 Å². The van der Waals surface area contributed by atoms with Crippen LogP contribution in [0.25, 0.3) is 0 Å². The molecule has 0 aliphatic heterocycles. The van der Waals surface area contributed by atoms with Crippen LogP contribution >= 0.6 is 0 Å². The van der Waals surface area contributed by atoms with Crippen LogP contribution in [0.2, 0.25) is 0 Å². The van der Waals surface area contributed by atoms with Crippen LogP contribution in [0, 0.1) is 4.91 Å². The standard InChI is InChI=1S/C2H3NO2/c1-2-5-3-4/h2H,1H2. The lowest BCUT2D eigenvalue weighted by atomic mass is 11.2. The van der Waals surface area contributed by atoms with E-state index in [0.717, 1.165) is 6.26 Å². The Hall–Kier alpha value is -0.860. The lowest BCUT2D eigenvalue weighted by Crippen LogP contribution is -1.52. The molecule has 0 fully saturated rings. The predicted molar refractivity (Wildman–Crippen MR) is 17.1 cm³/mol. The van der Waals surface area contributed by atoms with Crippen LogP contribution in [0.1, 0.15) is 0 Å². The Morgan fingerprint density at radius 1 is 2.00 bits per heavy atom. The summed E-state index contributed by atoms with van der Waals surface area (Å²) in [6, 6.07) is 0. The highest BCUT2D eigenvalue weighted by Crippen LogP contribution is 1.65. The number of hydrogen-bond acceptors (Lipinski definition) is 3. The second-order valence-electron chi connectivity index (χ2n) is 0.347. The average Bonchev–Trinajstić information content (AvgIpc) is 1.41. The molecule has 0 N–H and O–H groups in total. The number of hydrogen-bond donors (Lipinski definition) is 0. The van der Waals surface area contributed by atoms with Crippen LogP contribution in [0.3, 0.4) is 0 Å². The zero-order valence-corrected chi connectivity index (χ0v) is 2.55. The minimum absolute atomic E-state index is 0.951. The van der Waals surface area contributed by atoms with E-state index in [9.17, 15) is 0 Å². The summed E-state index contributed by atoms with van der Waals surface area (Å²) in [7, 11) is 0. The molecular weight excluding hydrogens is 70.0 g/mol. The first kappa shape index (κ1) is 4.14. The molecule has 3 nitrogen and oxygen atoms in total. The summed E-state index contributed by atoms with van der Waals surface area (Å²) in [5.41, 5.74) is 0. The predicted octanol–water partition coefficient (Wildman–Crippen LogP) is 0.828. The van der Waals surface area contributed by atoms with E-state index >= 15 is 0 Å². The van der Waals surface area contributed by atoms with E-state index in [-0.39, 0.29) is 0 Å². The molecule has 0 aromatic rings. The van der Waals surface area contributed by atoms with Crippen LogP contribution in [0.15, 0.2) is 18.2 Å². The fourth-order valence-electron chi connectivity index (χ4n) is 0.0304. The van der Waals surface area contributed by atoms with Gasteiger partial charge in [0.05, 0.1) is 0 Å². The zero-order chi connectivity index (χ0) is 4.12. The summed E-state index contributed by atoms with van der Waals surface area (Å²) in [4.78, 5) is 12.5. The van der Waals surface area contributed by atoms with Crippen molar-refractivity contribution in [1.29, 1.82) is 0 Å². The summed E-state index contributed by atoms with van der Waals surface area (Å²) >= 11 is 0. The Balaban J connectivity index is 2.65. The van der Waals surface area contributed by atoms with Crippen molar-refractivity contribution in [2.24, 2.45) is 5.34 Å². The molecule has 0 amide bonds. The highest BCUT2D eigenvalue weighted by atomic mass is 16.7. The third kappa shape index (κ3) is 3.14. The van der Waals surface area contributed by atoms with Gasteiger partial charge in [-0.25, -0.2) is 0 Å². The van der Waals surface area contributed by atoms with Crippen LogP contribution in [0.4, 0.5) is 0 Å². The van der Waals surface area contributed by atoms with Gasteiger partial charge in [0.25, 0.3) is 0 Å². The number of nitrogens with zero attached hydrogens (tertiary/aromatic N) is 1. The normalized spacial score (nSPS) is 5.60. The van der Waals surface area contributed by atoms with E-state index in [4.69, 9.17) is 4.91 Å². The average molecular weight is 73.1 g/mol. The monoisotopic (exact) mass is 73.0 g/mol. The first-order valence-corrected chi connectivity index (χ1v) is 1.01. The maximum absolute atomic E-state index is 8.86. The maximum atomic E-state index is 8.86. The Morgan fingerprint density at radius 3 is 2.60 bits per heavy atom. The van der Waals surface area contributed by atoms with Gasteiger partial charge in [0.1, 0.15) is 6.26 Å². The molecule has 0 saturated carbocycles. The van der Waals surface area contributed by atoms with Gasteiger partial charge in [-0.15, -0.1) is 4.91 Å². The maximum Gasteiger partial charge on any atom is 0.160 e. The third-order valence-electron chi connectivity index (χ3n) is 0.118. The van der Waals surface area contributed by atoms with Crippen LogP contribution in [-0.2, 0) is 4.84 Å². The highest BCUT2D eigenvalue weighted by molar-refractivity contribution is 4.43. The molecule has 0 bridgehead atoms. The van der Waals surface area contributed by atoms with Crippen LogP contribution < -0.4 is 0 Å². The summed E-state index contributed by atoms with van der Waals surface area (Å²) in [6.07, 6.45) is 0.951. The van der Waals surface area contributed by atoms with Gasteiger partial charge in [-0.05, 0) is 0 Å². The van der Waals surface area contributed by atoms with Crippen LogP contribution in [0.5, 0.6) is 0 Å². The van der Waals surface area contributed by atoms with Gasteiger partial charge >= 0.3 is 0 Å². The molecule has 0 heterocycles. The van der Waals surface area contributed by atoms with Crippen molar-refractivity contribution in [3.8, 4) is 0 Å². The Labute approximate surface area is 29.2 Å². The molecule has 0 aliphatic rings. The van der Waals surface area contributed by atoms with Gasteiger partial charge in [0.2, 0.25) is 0 Å². The van der Waals surface area contributed by atoms with Crippen molar-refractivity contribution >= 4 is 0 Å². The van der Waals surface area contributed by atoms with Gasteiger partial charge in [0.15, 0.2) is 5.34 Å². The lowest BCUT2D eigenvalue weighted by molar-refractivity contribution is 0.263. The Morgan fingerprint density at radius 2 is 2.60 bits per heavy atom. The Bertz CT molecular complexity index is 36.9. The molecule has 0 aromatic heterocycles. The van der Waals surface area contributed by atoms with Gasteiger partial charge in [-0.2, -0.15) is 0 Å². The molecule has 0 atom stereocenters. The number of rotatable bonds is 2. The summed E-state index contributed by atoms with van der Waals surface area (Å²) in [5, 5.41) is 1.99. The molecule has 0 aliphatic carbocycles. The van der Waals surface area contributed by atoms with Crippen molar-refractivity contribution < 1.29 is 4.84 Å². The largest absolute Gasteiger partial charge is 0.333 e. The molecule has 0 aromatic carbocycles. The second-order valence-corrected chi connectivity index (χ2v) is 0.347. The quantitative estimate of drug-likeness (QED) is 0.276. The van der Waals surface area contributed by atoms with E-state index in [2.05, 4.69) is 11.4 Å². The van der Waals surface area contributed by atoms with Gasteiger partial charge in [-0.3, -0.25) is 0 Å². The van der Waals surface area contributed by atoms with Crippen molar-refractivity contribution in [3.63, 3.8) is 0 Å². The summed E-state index contributed by atoms with van der Waals surface area (Å²) in [6.45, 7) is 3.03. The SMILES string of the molecule is C=CON=O. The minimum Gasteiger partial charge on any atom is -0.333 e. The molecule has 3 heteroatoms. The van der Waals surface area contributed by atoms with E-state index in [1.165, 1.54) is 0 Å². The molecule has 5 heavy (non-hydrogen) atoms. The fraction of sp³-hybridized carbons (Fsp3) is 0.